The largest absolute Gasteiger partial charge is 0.481 e. The van der Waals surface area contributed by atoms with Crippen molar-refractivity contribution in [3.63, 3.8) is 0 Å². The number of fused-ring (bicyclic) bond motifs is 3. The highest BCUT2D eigenvalue weighted by Gasteiger charge is 2.35. The normalized spacial score (nSPS) is 15.7. The van der Waals surface area contributed by atoms with Gasteiger partial charge in [-0.15, -0.1) is 0 Å². The Labute approximate surface area is 199 Å². The van der Waals surface area contributed by atoms with Crippen LogP contribution in [0.5, 0.6) is 0 Å². The van der Waals surface area contributed by atoms with E-state index in [9.17, 15) is 19.5 Å². The minimum absolute atomic E-state index is 0.0154. The zero-order valence-corrected chi connectivity index (χ0v) is 19.7. The van der Waals surface area contributed by atoms with Crippen LogP contribution in [0.15, 0.2) is 48.5 Å². The van der Waals surface area contributed by atoms with Crippen LogP contribution in [0.3, 0.4) is 0 Å². The molecule has 0 saturated heterocycles. The van der Waals surface area contributed by atoms with Gasteiger partial charge in [-0.3, -0.25) is 9.59 Å². The number of carboxylic acids is 1. The number of carboxylic acid groups (broad SMARTS) is 1. The van der Waals surface area contributed by atoms with Crippen LogP contribution in [0.25, 0.3) is 11.1 Å². The molecular formula is C27H32N2O5. The molecule has 0 aromatic heterocycles. The maximum atomic E-state index is 12.6. The molecule has 2 aliphatic carbocycles. The number of aliphatic carboxylic acids is 1. The smallest absolute Gasteiger partial charge is 0.407 e. The average Bonchev–Trinajstić information content (AvgIpc) is 3.60. The van der Waals surface area contributed by atoms with Gasteiger partial charge < -0.3 is 20.5 Å². The molecular weight excluding hydrogens is 432 g/mol. The molecule has 34 heavy (non-hydrogen) atoms. The predicted octanol–water partition coefficient (Wildman–Crippen LogP) is 4.31. The highest BCUT2D eigenvalue weighted by molar-refractivity contribution is 5.80. The van der Waals surface area contributed by atoms with Crippen LogP contribution in [0.1, 0.15) is 56.6 Å². The number of carbonyl (C=O) groups excluding carboxylic acids is 2. The van der Waals surface area contributed by atoms with Crippen molar-refractivity contribution in [3.05, 3.63) is 59.7 Å². The third kappa shape index (κ3) is 5.41. The fourth-order valence-corrected chi connectivity index (χ4v) is 4.52. The molecule has 4 rings (SSSR count). The lowest BCUT2D eigenvalue weighted by molar-refractivity contribution is -0.147. The number of alkyl carbamates (subject to hydrolysis) is 1. The van der Waals surface area contributed by atoms with Crippen LogP contribution in [-0.2, 0) is 14.3 Å². The van der Waals surface area contributed by atoms with Gasteiger partial charge in [-0.25, -0.2) is 4.79 Å². The van der Waals surface area contributed by atoms with Crippen molar-refractivity contribution in [2.75, 3.05) is 13.2 Å². The first-order valence-electron chi connectivity index (χ1n) is 11.9. The Hall–Kier alpha value is -3.35. The van der Waals surface area contributed by atoms with Crippen molar-refractivity contribution >= 4 is 18.0 Å². The van der Waals surface area contributed by atoms with E-state index < -0.39 is 17.5 Å². The number of carbonyl (C=O) groups is 3. The van der Waals surface area contributed by atoms with Crippen LogP contribution < -0.4 is 10.6 Å². The maximum absolute atomic E-state index is 12.6. The average molecular weight is 465 g/mol. The summed E-state index contributed by atoms with van der Waals surface area (Å²) in [7, 11) is 0. The van der Waals surface area contributed by atoms with Crippen molar-refractivity contribution in [2.24, 2.45) is 11.3 Å². The molecule has 2 aromatic carbocycles. The second-order valence-electron chi connectivity index (χ2n) is 9.91. The Bertz CT molecular complexity index is 1030. The minimum Gasteiger partial charge on any atom is -0.481 e. The second kappa shape index (κ2) is 9.87. The van der Waals surface area contributed by atoms with E-state index in [1.807, 2.05) is 24.3 Å². The first-order valence-corrected chi connectivity index (χ1v) is 11.9. The molecule has 7 heteroatoms. The van der Waals surface area contributed by atoms with Crippen molar-refractivity contribution in [3.8, 4) is 11.1 Å². The number of hydrogen-bond acceptors (Lipinski definition) is 4. The second-order valence-corrected chi connectivity index (χ2v) is 9.91. The summed E-state index contributed by atoms with van der Waals surface area (Å²) in [6.45, 7) is 3.77. The predicted molar refractivity (Wildman–Crippen MR) is 128 cm³/mol. The van der Waals surface area contributed by atoms with Gasteiger partial charge in [0.1, 0.15) is 6.61 Å². The van der Waals surface area contributed by atoms with Gasteiger partial charge in [0.15, 0.2) is 0 Å². The first-order chi connectivity index (χ1) is 16.3. The first kappa shape index (κ1) is 23.8. The van der Waals surface area contributed by atoms with Gasteiger partial charge in [-0.1, -0.05) is 48.5 Å². The van der Waals surface area contributed by atoms with Crippen molar-refractivity contribution in [1.29, 1.82) is 0 Å². The minimum atomic E-state index is -0.900. The van der Waals surface area contributed by atoms with Gasteiger partial charge in [-0.05, 0) is 61.3 Å². The zero-order chi connectivity index (χ0) is 24.3. The van der Waals surface area contributed by atoms with Gasteiger partial charge in [0.25, 0.3) is 0 Å². The molecule has 2 aliphatic rings. The van der Waals surface area contributed by atoms with E-state index in [4.69, 9.17) is 4.74 Å². The van der Waals surface area contributed by atoms with Gasteiger partial charge in [-0.2, -0.15) is 0 Å². The quantitative estimate of drug-likeness (QED) is 0.486. The van der Waals surface area contributed by atoms with Crippen LogP contribution in [0, 0.1) is 11.3 Å². The Balaban J connectivity index is 1.30. The van der Waals surface area contributed by atoms with E-state index in [2.05, 4.69) is 34.9 Å². The Morgan fingerprint density at radius 3 is 2.18 bits per heavy atom. The topological polar surface area (TPSA) is 105 Å². The molecule has 0 spiro atoms. The van der Waals surface area contributed by atoms with Crippen LogP contribution >= 0.6 is 0 Å². The van der Waals surface area contributed by atoms with E-state index in [0.29, 0.717) is 6.42 Å². The van der Waals surface area contributed by atoms with E-state index in [0.717, 1.165) is 24.0 Å². The molecule has 1 saturated carbocycles. The highest BCUT2D eigenvalue weighted by Crippen LogP contribution is 2.44. The highest BCUT2D eigenvalue weighted by atomic mass is 16.5. The molecule has 0 aliphatic heterocycles. The Morgan fingerprint density at radius 1 is 1.03 bits per heavy atom. The van der Waals surface area contributed by atoms with Crippen molar-refractivity contribution < 1.29 is 24.2 Å². The zero-order valence-electron chi connectivity index (χ0n) is 19.7. The fraction of sp³-hybridized carbons (Fsp3) is 0.444. The number of amides is 2. The Morgan fingerprint density at radius 2 is 1.62 bits per heavy atom. The third-order valence-electron chi connectivity index (χ3n) is 6.89. The van der Waals surface area contributed by atoms with Gasteiger partial charge in [0.05, 0.1) is 5.41 Å². The number of hydrogen-bond donors (Lipinski definition) is 3. The van der Waals surface area contributed by atoms with Crippen molar-refractivity contribution in [2.45, 2.75) is 51.5 Å². The lowest BCUT2D eigenvalue weighted by atomic mass is 9.90. The lowest BCUT2D eigenvalue weighted by Gasteiger charge is -2.21. The molecule has 0 heterocycles. The summed E-state index contributed by atoms with van der Waals surface area (Å²) in [6, 6.07) is 16.1. The van der Waals surface area contributed by atoms with Gasteiger partial charge in [0.2, 0.25) is 5.91 Å². The third-order valence-corrected chi connectivity index (χ3v) is 6.89. The standard InChI is InChI=1S/C27H32N2O5/c1-27(2,25(31)32)13-14-28-24(30)15-23(17-11-12-17)29-26(33)34-16-22-20-9-5-3-7-18(20)19-8-4-6-10-21(19)22/h3-10,17,22-23H,11-16H2,1-2H3,(H,28,30)(H,29,33)(H,31,32). The monoisotopic (exact) mass is 464 g/mol. The van der Waals surface area contributed by atoms with E-state index in [1.165, 1.54) is 11.1 Å². The fourth-order valence-electron chi connectivity index (χ4n) is 4.52. The van der Waals surface area contributed by atoms with Crippen LogP contribution in [0.4, 0.5) is 4.79 Å². The van der Waals surface area contributed by atoms with E-state index in [1.54, 1.807) is 13.8 Å². The summed E-state index contributed by atoms with van der Waals surface area (Å²) in [5.41, 5.74) is 3.75. The number of rotatable bonds is 10. The maximum Gasteiger partial charge on any atom is 0.407 e. The van der Waals surface area contributed by atoms with Gasteiger partial charge in [0, 0.05) is 24.9 Å². The summed E-state index contributed by atoms with van der Waals surface area (Å²) >= 11 is 0. The van der Waals surface area contributed by atoms with Crippen LogP contribution in [0.2, 0.25) is 0 Å². The molecule has 3 N–H and O–H groups in total. The summed E-state index contributed by atoms with van der Waals surface area (Å²) in [6.07, 6.45) is 1.91. The molecule has 0 bridgehead atoms. The molecule has 1 unspecified atom stereocenters. The summed E-state index contributed by atoms with van der Waals surface area (Å²) in [4.78, 5) is 36.3. The van der Waals surface area contributed by atoms with Gasteiger partial charge >= 0.3 is 12.1 Å². The summed E-state index contributed by atoms with van der Waals surface area (Å²) < 4.78 is 5.63. The molecule has 1 atom stereocenters. The SMILES string of the molecule is CC(C)(CCNC(=O)CC(NC(=O)OCC1c2ccccc2-c2ccccc21)C1CC1)C(=O)O. The number of benzene rings is 2. The molecule has 0 radical (unpaired) electrons. The van der Waals surface area contributed by atoms with Crippen molar-refractivity contribution in [1.82, 2.24) is 10.6 Å². The summed E-state index contributed by atoms with van der Waals surface area (Å²) in [5.74, 6) is -0.841. The molecule has 1 fully saturated rings. The lowest BCUT2D eigenvalue weighted by Crippen LogP contribution is -2.41. The van der Waals surface area contributed by atoms with Crippen LogP contribution in [-0.4, -0.2) is 42.3 Å². The Kier molecular flexibility index (Phi) is 6.91. The van der Waals surface area contributed by atoms with E-state index in [-0.39, 0.29) is 43.4 Å². The summed E-state index contributed by atoms with van der Waals surface area (Å²) in [5, 5.41) is 14.9. The number of ether oxygens (including phenoxy) is 1. The molecule has 180 valence electrons. The molecule has 2 aromatic rings. The van der Waals surface area contributed by atoms with E-state index >= 15 is 0 Å². The molecule has 7 nitrogen and oxygen atoms in total. The number of nitrogens with one attached hydrogen (secondary N) is 2. The molecule has 2 amide bonds.